The second kappa shape index (κ2) is 9.90. The largest absolute Gasteiger partial charge is 0.503 e. The zero-order chi connectivity index (χ0) is 27.1. The van der Waals surface area contributed by atoms with Gasteiger partial charge in [0.2, 0.25) is 5.78 Å². The highest BCUT2D eigenvalue weighted by Gasteiger charge is 2.45. The number of fused-ring (bicyclic) bond motifs is 1. The molecule has 1 aliphatic rings. The van der Waals surface area contributed by atoms with Crippen LogP contribution in [0.4, 0.5) is 11.4 Å². The second-order valence-electron chi connectivity index (χ2n) is 8.99. The Morgan fingerprint density at radius 2 is 1.68 bits per heavy atom. The monoisotopic (exact) mass is 576 g/mol. The molecule has 0 fully saturated rings. The molecule has 0 radical (unpaired) electrons. The summed E-state index contributed by atoms with van der Waals surface area (Å²) in [7, 11) is 6.86. The standard InChI is InChI=1S/C29H25BrN2O6/c1-31(2)19-8-5-16(6-9-19)26-25(27(33)24-14-17-13-18(30)7-11-21(17)38-24)28(34)29(35)32(26)20-10-12-22(36-3)23(15-20)37-4/h5-15,26,34H,1-4H3. The summed E-state index contributed by atoms with van der Waals surface area (Å²) in [6, 6.07) is 18.5. The number of aliphatic hydroxyl groups is 1. The average molecular weight is 577 g/mol. The molecule has 0 spiro atoms. The van der Waals surface area contributed by atoms with Crippen LogP contribution in [0.5, 0.6) is 11.5 Å². The number of furan rings is 1. The molecular formula is C29H25BrN2O6. The van der Waals surface area contributed by atoms with Crippen molar-refractivity contribution in [2.75, 3.05) is 38.1 Å². The summed E-state index contributed by atoms with van der Waals surface area (Å²) in [5, 5.41) is 11.8. The number of Topliss-reactive ketones (excluding diaryl/α,β-unsaturated/α-hetero) is 1. The summed E-state index contributed by atoms with van der Waals surface area (Å²) in [6.07, 6.45) is 0. The number of ether oxygens (including phenoxy) is 2. The minimum absolute atomic E-state index is 0.0246. The first-order valence-corrected chi connectivity index (χ1v) is 12.5. The topological polar surface area (TPSA) is 92.5 Å². The summed E-state index contributed by atoms with van der Waals surface area (Å²) in [6.45, 7) is 0. The van der Waals surface area contributed by atoms with Crippen molar-refractivity contribution in [2.24, 2.45) is 0 Å². The fraction of sp³-hybridized carbons (Fsp3) is 0.172. The van der Waals surface area contributed by atoms with Gasteiger partial charge in [0.05, 0.1) is 25.8 Å². The van der Waals surface area contributed by atoms with Gasteiger partial charge in [-0.25, -0.2) is 0 Å². The first kappa shape index (κ1) is 25.4. The lowest BCUT2D eigenvalue weighted by Crippen LogP contribution is -2.31. The quantitative estimate of drug-likeness (QED) is 0.267. The van der Waals surface area contributed by atoms with Gasteiger partial charge in [0.15, 0.2) is 23.0 Å². The number of amides is 1. The van der Waals surface area contributed by atoms with E-state index in [4.69, 9.17) is 13.9 Å². The van der Waals surface area contributed by atoms with E-state index >= 15 is 0 Å². The molecule has 0 saturated heterocycles. The van der Waals surface area contributed by atoms with Gasteiger partial charge in [-0.2, -0.15) is 0 Å². The van der Waals surface area contributed by atoms with Gasteiger partial charge in [0, 0.05) is 41.4 Å². The first-order chi connectivity index (χ1) is 18.2. The number of carbonyl (C=O) groups excluding carboxylic acids is 2. The van der Waals surface area contributed by atoms with E-state index in [1.165, 1.54) is 19.1 Å². The maximum atomic E-state index is 13.9. The third-order valence-corrected chi connectivity index (χ3v) is 7.02. The molecule has 1 aliphatic heterocycles. The number of nitrogens with zero attached hydrogens (tertiary/aromatic N) is 2. The van der Waals surface area contributed by atoms with Crippen LogP contribution in [0.25, 0.3) is 11.0 Å². The molecule has 0 saturated carbocycles. The predicted molar refractivity (Wildman–Crippen MR) is 148 cm³/mol. The van der Waals surface area contributed by atoms with Crippen LogP contribution >= 0.6 is 15.9 Å². The van der Waals surface area contributed by atoms with E-state index in [9.17, 15) is 14.7 Å². The Kier molecular flexibility index (Phi) is 6.62. The van der Waals surface area contributed by atoms with E-state index < -0.39 is 23.5 Å². The van der Waals surface area contributed by atoms with Crippen LogP contribution in [0.15, 0.2) is 87.0 Å². The number of anilines is 2. The van der Waals surface area contributed by atoms with Crippen LogP contribution in [0.3, 0.4) is 0 Å². The third-order valence-electron chi connectivity index (χ3n) is 6.53. The Bertz CT molecular complexity index is 1590. The maximum absolute atomic E-state index is 13.9. The smallest absolute Gasteiger partial charge is 0.294 e. The van der Waals surface area contributed by atoms with E-state index in [1.54, 1.807) is 30.3 Å². The van der Waals surface area contributed by atoms with Gasteiger partial charge in [-0.05, 0) is 54.1 Å². The number of carbonyl (C=O) groups is 2. The third kappa shape index (κ3) is 4.28. The van der Waals surface area contributed by atoms with Gasteiger partial charge in [-0.15, -0.1) is 0 Å². The van der Waals surface area contributed by atoms with Crippen molar-refractivity contribution in [3.05, 3.63) is 93.9 Å². The van der Waals surface area contributed by atoms with Crippen LogP contribution < -0.4 is 19.3 Å². The van der Waals surface area contributed by atoms with Gasteiger partial charge in [-0.1, -0.05) is 28.1 Å². The van der Waals surface area contributed by atoms with Crippen LogP contribution in [-0.2, 0) is 4.79 Å². The number of hydrogen-bond donors (Lipinski definition) is 1. The zero-order valence-corrected chi connectivity index (χ0v) is 22.8. The lowest BCUT2D eigenvalue weighted by atomic mass is 9.94. The minimum Gasteiger partial charge on any atom is -0.503 e. The van der Waals surface area contributed by atoms with Gasteiger partial charge in [-0.3, -0.25) is 14.5 Å². The highest BCUT2D eigenvalue weighted by molar-refractivity contribution is 9.10. The van der Waals surface area contributed by atoms with Crippen LogP contribution in [0.2, 0.25) is 0 Å². The molecule has 1 atom stereocenters. The number of halogens is 1. The molecule has 3 aromatic carbocycles. The summed E-state index contributed by atoms with van der Waals surface area (Å²) in [5.74, 6) is -1.00. The number of aliphatic hydroxyl groups excluding tert-OH is 1. The van der Waals surface area contributed by atoms with Gasteiger partial charge in [0.1, 0.15) is 5.58 Å². The van der Waals surface area contributed by atoms with Crippen molar-refractivity contribution in [2.45, 2.75) is 6.04 Å². The SMILES string of the molecule is COc1ccc(N2C(=O)C(O)=C(C(=O)c3cc4cc(Br)ccc4o3)C2c2ccc(N(C)C)cc2)cc1OC. The van der Waals surface area contributed by atoms with Gasteiger partial charge in [0.25, 0.3) is 5.91 Å². The normalized spacial score (nSPS) is 15.3. The molecule has 1 aromatic heterocycles. The summed E-state index contributed by atoms with van der Waals surface area (Å²) in [5.41, 5.74) is 2.46. The Morgan fingerprint density at radius 1 is 0.974 bits per heavy atom. The van der Waals surface area contributed by atoms with Crippen LogP contribution in [-0.4, -0.2) is 45.1 Å². The van der Waals surface area contributed by atoms with Crippen molar-refractivity contribution < 1.29 is 28.6 Å². The number of hydrogen-bond acceptors (Lipinski definition) is 7. The fourth-order valence-corrected chi connectivity index (χ4v) is 4.99. The molecule has 1 unspecified atom stereocenters. The Labute approximate surface area is 227 Å². The zero-order valence-electron chi connectivity index (χ0n) is 21.2. The molecule has 5 rings (SSSR count). The molecule has 0 aliphatic carbocycles. The molecular weight excluding hydrogens is 552 g/mol. The van der Waals surface area contributed by atoms with Gasteiger partial charge >= 0.3 is 0 Å². The fourth-order valence-electron chi connectivity index (χ4n) is 4.61. The molecule has 0 bridgehead atoms. The minimum atomic E-state index is -0.913. The molecule has 8 nitrogen and oxygen atoms in total. The van der Waals surface area contributed by atoms with Crippen LogP contribution in [0, 0.1) is 0 Å². The Balaban J connectivity index is 1.65. The summed E-state index contributed by atoms with van der Waals surface area (Å²) < 4.78 is 17.4. The number of ketones is 1. The van der Waals surface area contributed by atoms with Crippen molar-refractivity contribution >= 4 is 50.0 Å². The maximum Gasteiger partial charge on any atom is 0.294 e. The molecule has 1 N–H and O–H groups in total. The predicted octanol–water partition coefficient (Wildman–Crippen LogP) is 6.06. The van der Waals surface area contributed by atoms with E-state index in [0.717, 1.165) is 15.5 Å². The second-order valence-corrected chi connectivity index (χ2v) is 9.90. The molecule has 38 heavy (non-hydrogen) atoms. The Morgan fingerprint density at radius 3 is 2.34 bits per heavy atom. The van der Waals surface area contributed by atoms with Crippen molar-refractivity contribution in [1.29, 1.82) is 0 Å². The van der Waals surface area contributed by atoms with E-state index in [-0.39, 0.29) is 11.3 Å². The first-order valence-electron chi connectivity index (χ1n) is 11.7. The lowest BCUT2D eigenvalue weighted by Gasteiger charge is -2.27. The average Bonchev–Trinajstić information content (AvgIpc) is 3.46. The van der Waals surface area contributed by atoms with E-state index in [1.807, 2.05) is 55.4 Å². The van der Waals surface area contributed by atoms with Crippen molar-refractivity contribution in [3.63, 3.8) is 0 Å². The highest BCUT2D eigenvalue weighted by atomic mass is 79.9. The van der Waals surface area contributed by atoms with E-state index in [2.05, 4.69) is 15.9 Å². The molecule has 1 amide bonds. The molecule has 2 heterocycles. The lowest BCUT2D eigenvalue weighted by molar-refractivity contribution is -0.117. The van der Waals surface area contributed by atoms with Crippen LogP contribution in [0.1, 0.15) is 22.2 Å². The number of methoxy groups -OCH3 is 2. The Hall–Kier alpha value is -4.24. The van der Waals surface area contributed by atoms with Crippen molar-refractivity contribution in [3.8, 4) is 11.5 Å². The molecule has 194 valence electrons. The summed E-state index contributed by atoms with van der Waals surface area (Å²) >= 11 is 3.42. The number of rotatable bonds is 7. The molecule has 9 heteroatoms. The highest BCUT2D eigenvalue weighted by Crippen LogP contribution is 2.44. The van der Waals surface area contributed by atoms with Gasteiger partial charge < -0.3 is 23.9 Å². The van der Waals surface area contributed by atoms with E-state index in [0.29, 0.717) is 28.3 Å². The molecule has 4 aromatic rings. The number of benzene rings is 3. The van der Waals surface area contributed by atoms with Crippen molar-refractivity contribution in [1.82, 2.24) is 0 Å². The summed E-state index contributed by atoms with van der Waals surface area (Å²) in [4.78, 5) is 30.7.